The highest BCUT2D eigenvalue weighted by Crippen LogP contribution is 2.24. The zero-order chi connectivity index (χ0) is 14.7. The summed E-state index contributed by atoms with van der Waals surface area (Å²) in [5.74, 6) is 1.11. The number of aliphatic hydroxyl groups excluding tert-OH is 1. The van der Waals surface area contributed by atoms with Gasteiger partial charge < -0.3 is 10.4 Å². The van der Waals surface area contributed by atoms with Gasteiger partial charge in [-0.1, -0.05) is 34.8 Å². The van der Waals surface area contributed by atoms with Crippen molar-refractivity contribution in [1.82, 2.24) is 9.97 Å². The van der Waals surface area contributed by atoms with Crippen molar-refractivity contribution in [1.29, 1.82) is 0 Å². The first-order valence-corrected chi connectivity index (χ1v) is 6.96. The highest BCUT2D eigenvalue weighted by atomic mass is 35.5. The minimum Gasteiger partial charge on any atom is -0.387 e. The van der Waals surface area contributed by atoms with E-state index < -0.39 is 6.10 Å². The Balaban J connectivity index is 2.06. The predicted molar refractivity (Wildman–Crippen MR) is 81.7 cm³/mol. The maximum absolute atomic E-state index is 10.1. The minimum atomic E-state index is -0.764. The van der Waals surface area contributed by atoms with Crippen molar-refractivity contribution in [2.75, 3.05) is 11.9 Å². The van der Waals surface area contributed by atoms with E-state index in [1.54, 1.807) is 31.2 Å². The predicted octanol–water partition coefficient (Wildman–Crippen LogP) is 3.89. The molecule has 1 aromatic heterocycles. The van der Waals surface area contributed by atoms with E-state index in [-0.39, 0.29) is 6.54 Å². The van der Waals surface area contributed by atoms with Crippen LogP contribution < -0.4 is 5.32 Å². The van der Waals surface area contributed by atoms with Crippen LogP contribution in [0.1, 0.15) is 17.5 Å². The number of aryl methyl sites for hydroxylation is 1. The number of halogens is 3. The van der Waals surface area contributed by atoms with E-state index in [2.05, 4.69) is 15.3 Å². The lowest BCUT2D eigenvalue weighted by Crippen LogP contribution is -2.13. The molecule has 1 atom stereocenters. The average Bonchev–Trinajstić information content (AvgIpc) is 2.33. The number of hydrogen-bond acceptors (Lipinski definition) is 4. The second kappa shape index (κ2) is 6.59. The third-order valence-corrected chi connectivity index (χ3v) is 3.18. The number of hydrogen-bond donors (Lipinski definition) is 2. The van der Waals surface area contributed by atoms with Gasteiger partial charge in [-0.2, -0.15) is 0 Å². The van der Waals surface area contributed by atoms with E-state index >= 15 is 0 Å². The summed E-state index contributed by atoms with van der Waals surface area (Å²) in [7, 11) is 0. The van der Waals surface area contributed by atoms with Crippen LogP contribution in [0, 0.1) is 6.92 Å². The zero-order valence-corrected chi connectivity index (χ0v) is 12.8. The molecule has 1 heterocycles. The zero-order valence-electron chi connectivity index (χ0n) is 10.6. The van der Waals surface area contributed by atoms with Crippen LogP contribution in [0.3, 0.4) is 0 Å². The van der Waals surface area contributed by atoms with Crippen LogP contribution in [0.4, 0.5) is 5.82 Å². The first-order chi connectivity index (χ1) is 9.44. The molecule has 1 unspecified atom stereocenters. The highest BCUT2D eigenvalue weighted by Gasteiger charge is 2.10. The standard InChI is InChI=1S/C13H12Cl3N3O/c1-7-18-12(16)5-13(19-7)17-6-11(20)8-2-9(14)4-10(15)3-8/h2-5,11,20H,6H2,1H3,(H,17,18,19). The second-order valence-corrected chi connectivity index (χ2v) is 5.48. The van der Waals surface area contributed by atoms with E-state index in [4.69, 9.17) is 34.8 Å². The minimum absolute atomic E-state index is 0.253. The fraction of sp³-hybridized carbons (Fsp3) is 0.231. The summed E-state index contributed by atoms with van der Waals surface area (Å²) < 4.78 is 0. The maximum atomic E-state index is 10.1. The van der Waals surface area contributed by atoms with Gasteiger partial charge in [0.25, 0.3) is 0 Å². The van der Waals surface area contributed by atoms with Gasteiger partial charge in [-0.15, -0.1) is 0 Å². The van der Waals surface area contributed by atoms with Crippen molar-refractivity contribution in [2.24, 2.45) is 0 Å². The van der Waals surface area contributed by atoms with Crippen LogP contribution in [0.25, 0.3) is 0 Å². The van der Waals surface area contributed by atoms with E-state index in [0.717, 1.165) is 0 Å². The van der Waals surface area contributed by atoms with Gasteiger partial charge >= 0.3 is 0 Å². The molecule has 1 aromatic carbocycles. The third-order valence-electron chi connectivity index (χ3n) is 2.55. The van der Waals surface area contributed by atoms with Gasteiger partial charge in [0.1, 0.15) is 16.8 Å². The molecular formula is C13H12Cl3N3O. The molecule has 4 nitrogen and oxygen atoms in total. The fourth-order valence-corrected chi connectivity index (χ4v) is 2.48. The summed E-state index contributed by atoms with van der Waals surface area (Å²) in [6.45, 7) is 1.99. The largest absolute Gasteiger partial charge is 0.387 e. The van der Waals surface area contributed by atoms with Crippen molar-refractivity contribution in [3.63, 3.8) is 0 Å². The van der Waals surface area contributed by atoms with Gasteiger partial charge in [0.05, 0.1) is 6.10 Å². The van der Waals surface area contributed by atoms with Crippen molar-refractivity contribution in [3.05, 3.63) is 50.9 Å². The molecule has 0 aliphatic rings. The maximum Gasteiger partial charge on any atom is 0.134 e. The Morgan fingerprint density at radius 3 is 2.35 bits per heavy atom. The summed E-state index contributed by atoms with van der Waals surface area (Å²) >= 11 is 17.6. The van der Waals surface area contributed by atoms with Gasteiger partial charge in [-0.25, -0.2) is 9.97 Å². The molecule has 0 radical (unpaired) electrons. The van der Waals surface area contributed by atoms with Crippen molar-refractivity contribution < 1.29 is 5.11 Å². The Hall–Kier alpha value is -1.07. The molecule has 0 saturated carbocycles. The molecule has 0 fully saturated rings. The van der Waals surface area contributed by atoms with Gasteiger partial charge in [0, 0.05) is 22.7 Å². The van der Waals surface area contributed by atoms with Gasteiger partial charge in [0.2, 0.25) is 0 Å². The van der Waals surface area contributed by atoms with Crippen molar-refractivity contribution >= 4 is 40.6 Å². The first-order valence-electron chi connectivity index (χ1n) is 5.83. The van der Waals surface area contributed by atoms with Crippen LogP contribution in [-0.4, -0.2) is 21.6 Å². The van der Waals surface area contributed by atoms with Crippen LogP contribution in [0.5, 0.6) is 0 Å². The highest BCUT2D eigenvalue weighted by molar-refractivity contribution is 6.34. The quantitative estimate of drug-likeness (QED) is 0.834. The lowest BCUT2D eigenvalue weighted by atomic mass is 10.1. The summed E-state index contributed by atoms with van der Waals surface area (Å²) in [6.07, 6.45) is -0.764. The molecule has 0 amide bonds. The SMILES string of the molecule is Cc1nc(Cl)cc(NCC(O)c2cc(Cl)cc(Cl)c2)n1. The third kappa shape index (κ3) is 4.21. The summed E-state index contributed by atoms with van der Waals surface area (Å²) in [4.78, 5) is 8.12. The number of benzene rings is 1. The Morgan fingerprint density at radius 1 is 1.10 bits per heavy atom. The normalized spacial score (nSPS) is 12.2. The van der Waals surface area contributed by atoms with Crippen molar-refractivity contribution in [2.45, 2.75) is 13.0 Å². The molecule has 0 bridgehead atoms. The molecule has 106 valence electrons. The summed E-state index contributed by atoms with van der Waals surface area (Å²) in [5.41, 5.74) is 0.631. The van der Waals surface area contributed by atoms with Gasteiger partial charge in [-0.3, -0.25) is 0 Å². The molecule has 0 spiro atoms. The van der Waals surface area contributed by atoms with Crippen LogP contribution in [0.2, 0.25) is 15.2 Å². The number of rotatable bonds is 4. The Labute approximate surface area is 131 Å². The van der Waals surface area contributed by atoms with Gasteiger partial charge in [-0.05, 0) is 30.7 Å². The Bertz CT molecular complexity index is 581. The van der Waals surface area contributed by atoms with E-state index in [9.17, 15) is 5.11 Å². The Morgan fingerprint density at radius 2 is 1.75 bits per heavy atom. The number of aliphatic hydroxyl groups is 1. The monoisotopic (exact) mass is 331 g/mol. The molecule has 20 heavy (non-hydrogen) atoms. The molecule has 7 heteroatoms. The van der Waals surface area contributed by atoms with Crippen LogP contribution in [-0.2, 0) is 0 Å². The van der Waals surface area contributed by atoms with E-state index in [1.165, 1.54) is 0 Å². The Kier molecular flexibility index (Phi) is 5.05. The number of nitrogens with zero attached hydrogens (tertiary/aromatic N) is 2. The molecule has 0 aliphatic heterocycles. The topological polar surface area (TPSA) is 58.0 Å². The second-order valence-electron chi connectivity index (χ2n) is 4.22. The molecule has 2 N–H and O–H groups in total. The lowest BCUT2D eigenvalue weighted by molar-refractivity contribution is 0.191. The fourth-order valence-electron chi connectivity index (χ4n) is 1.71. The molecular weight excluding hydrogens is 321 g/mol. The smallest absolute Gasteiger partial charge is 0.134 e. The molecule has 0 aliphatic carbocycles. The molecule has 2 rings (SSSR count). The van der Waals surface area contributed by atoms with Gasteiger partial charge in [0.15, 0.2) is 0 Å². The van der Waals surface area contributed by atoms with E-state index in [0.29, 0.717) is 32.4 Å². The summed E-state index contributed by atoms with van der Waals surface area (Å²) in [6, 6.07) is 6.53. The number of anilines is 1. The average molecular weight is 333 g/mol. The lowest BCUT2D eigenvalue weighted by Gasteiger charge is -2.13. The van der Waals surface area contributed by atoms with Crippen LogP contribution >= 0.6 is 34.8 Å². The number of aromatic nitrogens is 2. The summed E-state index contributed by atoms with van der Waals surface area (Å²) in [5, 5.41) is 14.4. The van der Waals surface area contributed by atoms with Crippen molar-refractivity contribution in [3.8, 4) is 0 Å². The number of nitrogens with one attached hydrogen (secondary N) is 1. The molecule has 2 aromatic rings. The van der Waals surface area contributed by atoms with Crippen LogP contribution in [0.15, 0.2) is 24.3 Å². The van der Waals surface area contributed by atoms with E-state index in [1.807, 2.05) is 0 Å². The molecule has 0 saturated heterocycles. The first kappa shape index (κ1) is 15.3.